The Bertz CT molecular complexity index is 274. The van der Waals surface area contributed by atoms with E-state index < -0.39 is 11.9 Å². The van der Waals surface area contributed by atoms with E-state index in [0.29, 0.717) is 12.8 Å². The lowest BCUT2D eigenvalue weighted by atomic mass is 9.86. The molecule has 0 fully saturated rings. The molecular formula is C12H18O4-2. The van der Waals surface area contributed by atoms with E-state index in [9.17, 15) is 19.8 Å². The first-order valence-electron chi connectivity index (χ1n) is 5.53. The Kier molecular flexibility index (Phi) is 5.78. The Balaban J connectivity index is 5.63. The maximum absolute atomic E-state index is 11.0. The van der Waals surface area contributed by atoms with E-state index >= 15 is 0 Å². The zero-order valence-corrected chi connectivity index (χ0v) is 10.2. The Labute approximate surface area is 96.0 Å². The highest BCUT2D eigenvalue weighted by Gasteiger charge is 2.19. The molecule has 0 saturated carbocycles. The summed E-state index contributed by atoms with van der Waals surface area (Å²) in [5.41, 5.74) is -0.256. The number of carboxylic acids is 2. The first-order valence-corrected chi connectivity index (χ1v) is 5.53. The van der Waals surface area contributed by atoms with E-state index in [0.717, 1.165) is 0 Å². The molecule has 0 radical (unpaired) electrons. The van der Waals surface area contributed by atoms with E-state index in [-0.39, 0.29) is 23.0 Å². The van der Waals surface area contributed by atoms with Crippen molar-refractivity contribution in [2.45, 2.75) is 40.5 Å². The van der Waals surface area contributed by atoms with Crippen LogP contribution in [0.5, 0.6) is 0 Å². The van der Waals surface area contributed by atoms with Crippen LogP contribution in [0.3, 0.4) is 0 Å². The molecule has 0 N–H and O–H groups in total. The number of carboxylic acid groups (broad SMARTS) is 2. The van der Waals surface area contributed by atoms with Gasteiger partial charge in [-0.3, -0.25) is 0 Å². The summed E-state index contributed by atoms with van der Waals surface area (Å²) in [6.45, 7) is 6.96. The van der Waals surface area contributed by atoms with Gasteiger partial charge in [0.25, 0.3) is 0 Å². The first-order chi connectivity index (χ1) is 7.36. The van der Waals surface area contributed by atoms with Crippen molar-refractivity contribution in [2.24, 2.45) is 11.8 Å². The van der Waals surface area contributed by atoms with Crippen LogP contribution in [0.4, 0.5) is 0 Å². The van der Waals surface area contributed by atoms with Gasteiger partial charge in [-0.25, -0.2) is 0 Å². The minimum atomic E-state index is -1.41. The summed E-state index contributed by atoms with van der Waals surface area (Å²) in [5.74, 6) is -3.50. The van der Waals surface area contributed by atoms with Crippen molar-refractivity contribution in [3.63, 3.8) is 0 Å². The summed E-state index contributed by atoms with van der Waals surface area (Å²) in [5, 5.41) is 22.0. The third kappa shape index (κ3) is 3.36. The first kappa shape index (κ1) is 14.7. The third-order valence-corrected chi connectivity index (χ3v) is 2.94. The molecule has 2 unspecified atom stereocenters. The molecule has 0 bridgehead atoms. The van der Waals surface area contributed by atoms with Gasteiger partial charge in [0.15, 0.2) is 0 Å². The van der Waals surface area contributed by atoms with Gasteiger partial charge in [0.05, 0.1) is 11.9 Å². The maximum atomic E-state index is 11.0. The summed E-state index contributed by atoms with van der Waals surface area (Å²) in [4.78, 5) is 22.0. The lowest BCUT2D eigenvalue weighted by Crippen LogP contribution is -2.36. The van der Waals surface area contributed by atoms with E-state index in [1.807, 2.05) is 0 Å². The molecule has 0 aromatic carbocycles. The molecule has 2 atom stereocenters. The zero-order chi connectivity index (χ0) is 12.9. The van der Waals surface area contributed by atoms with Crippen molar-refractivity contribution >= 4 is 11.9 Å². The molecule has 0 rings (SSSR count). The molecule has 16 heavy (non-hydrogen) atoms. The van der Waals surface area contributed by atoms with Crippen LogP contribution < -0.4 is 10.2 Å². The summed E-state index contributed by atoms with van der Waals surface area (Å²) < 4.78 is 0. The standard InChI is InChI=1S/C12H20O4/c1-5-7(3)9(11(13)14)10(12(15)16)8(4)6-2/h7-8H,5-6H2,1-4H3,(H,13,14)(H,15,16)/p-2/b10-9-. The largest absolute Gasteiger partial charge is 0.545 e. The monoisotopic (exact) mass is 226 g/mol. The van der Waals surface area contributed by atoms with Gasteiger partial charge >= 0.3 is 0 Å². The number of aliphatic carboxylic acids is 2. The second-order valence-electron chi connectivity index (χ2n) is 4.02. The molecule has 0 aliphatic rings. The van der Waals surface area contributed by atoms with Gasteiger partial charge in [-0.1, -0.05) is 27.7 Å². The van der Waals surface area contributed by atoms with E-state index in [1.54, 1.807) is 27.7 Å². The Morgan fingerprint density at radius 2 is 1.12 bits per heavy atom. The number of carbonyl (C=O) groups is 2. The lowest BCUT2D eigenvalue weighted by molar-refractivity contribution is -0.305. The van der Waals surface area contributed by atoms with Crippen LogP contribution in [0, 0.1) is 11.8 Å². The van der Waals surface area contributed by atoms with Gasteiger partial charge in [0.1, 0.15) is 0 Å². The van der Waals surface area contributed by atoms with Crippen LogP contribution in [0.25, 0.3) is 0 Å². The molecule has 0 aromatic rings. The van der Waals surface area contributed by atoms with Gasteiger partial charge in [0, 0.05) is 0 Å². The highest BCUT2D eigenvalue weighted by atomic mass is 16.4. The Morgan fingerprint density at radius 3 is 1.25 bits per heavy atom. The van der Waals surface area contributed by atoms with Crippen LogP contribution >= 0.6 is 0 Å². The fourth-order valence-corrected chi connectivity index (χ4v) is 1.56. The number of rotatable bonds is 6. The molecule has 0 aliphatic carbocycles. The Hall–Kier alpha value is -1.32. The summed E-state index contributed by atoms with van der Waals surface area (Å²) in [6, 6.07) is 0. The van der Waals surface area contributed by atoms with Crippen LogP contribution in [0.2, 0.25) is 0 Å². The van der Waals surface area contributed by atoms with Gasteiger partial charge in [-0.05, 0) is 35.8 Å². The van der Waals surface area contributed by atoms with E-state index in [2.05, 4.69) is 0 Å². The van der Waals surface area contributed by atoms with E-state index in [4.69, 9.17) is 0 Å². The Morgan fingerprint density at radius 1 is 0.875 bits per heavy atom. The molecule has 92 valence electrons. The molecule has 0 heterocycles. The second kappa shape index (κ2) is 6.30. The predicted molar refractivity (Wildman–Crippen MR) is 56.0 cm³/mol. The minimum Gasteiger partial charge on any atom is -0.545 e. The van der Waals surface area contributed by atoms with Crippen molar-refractivity contribution in [2.75, 3.05) is 0 Å². The van der Waals surface area contributed by atoms with Crippen molar-refractivity contribution in [3.05, 3.63) is 11.1 Å². The quantitative estimate of drug-likeness (QED) is 0.591. The van der Waals surface area contributed by atoms with Crippen LogP contribution in [-0.2, 0) is 9.59 Å². The lowest BCUT2D eigenvalue weighted by Gasteiger charge is -2.25. The number of carbonyl (C=O) groups excluding carboxylic acids is 2. The van der Waals surface area contributed by atoms with Gasteiger partial charge in [-0.2, -0.15) is 0 Å². The van der Waals surface area contributed by atoms with Gasteiger partial charge in [0.2, 0.25) is 0 Å². The van der Waals surface area contributed by atoms with Gasteiger partial charge < -0.3 is 19.8 Å². The van der Waals surface area contributed by atoms with Gasteiger partial charge in [-0.15, -0.1) is 0 Å². The fourth-order valence-electron chi connectivity index (χ4n) is 1.56. The normalized spacial score (nSPS) is 16.2. The fraction of sp³-hybridized carbons (Fsp3) is 0.667. The number of hydrogen-bond donors (Lipinski definition) is 0. The van der Waals surface area contributed by atoms with E-state index in [1.165, 1.54) is 0 Å². The topological polar surface area (TPSA) is 80.3 Å². The van der Waals surface area contributed by atoms with Crippen LogP contribution in [0.1, 0.15) is 40.5 Å². The smallest absolute Gasteiger partial charge is 0.0681 e. The van der Waals surface area contributed by atoms with Crippen molar-refractivity contribution in [3.8, 4) is 0 Å². The molecule has 0 aliphatic heterocycles. The maximum Gasteiger partial charge on any atom is 0.0681 e. The average molecular weight is 226 g/mol. The van der Waals surface area contributed by atoms with Crippen molar-refractivity contribution in [1.82, 2.24) is 0 Å². The molecule has 0 amide bonds. The summed E-state index contributed by atoms with van der Waals surface area (Å²) in [6.07, 6.45) is 1.10. The molecule has 0 saturated heterocycles. The SMILES string of the molecule is CCC(C)/C(C(=O)[O-])=C(/C(=O)[O-])C(C)CC. The minimum absolute atomic E-state index is 0.128. The van der Waals surface area contributed by atoms with Crippen molar-refractivity contribution < 1.29 is 19.8 Å². The highest BCUT2D eigenvalue weighted by Crippen LogP contribution is 2.24. The molecule has 0 aromatic heterocycles. The summed E-state index contributed by atoms with van der Waals surface area (Å²) in [7, 11) is 0. The molecule has 4 heteroatoms. The van der Waals surface area contributed by atoms with Crippen LogP contribution in [0.15, 0.2) is 11.1 Å². The predicted octanol–water partition coefficient (Wildman–Crippen LogP) is -0.125. The molecule has 0 spiro atoms. The third-order valence-electron chi connectivity index (χ3n) is 2.94. The number of hydrogen-bond acceptors (Lipinski definition) is 4. The highest BCUT2D eigenvalue weighted by molar-refractivity contribution is 5.97. The molecule has 4 nitrogen and oxygen atoms in total. The average Bonchev–Trinajstić information content (AvgIpc) is 2.22. The molecular weight excluding hydrogens is 208 g/mol. The second-order valence-corrected chi connectivity index (χ2v) is 4.02. The van der Waals surface area contributed by atoms with Crippen molar-refractivity contribution in [1.29, 1.82) is 0 Å². The summed E-state index contributed by atoms with van der Waals surface area (Å²) >= 11 is 0. The van der Waals surface area contributed by atoms with Crippen LogP contribution in [-0.4, -0.2) is 11.9 Å². The zero-order valence-electron chi connectivity index (χ0n) is 10.2.